The lowest BCUT2D eigenvalue weighted by atomic mass is 10.0. The van der Waals surface area contributed by atoms with E-state index in [4.69, 9.17) is 5.73 Å². The molecule has 0 radical (unpaired) electrons. The second-order valence-corrected chi connectivity index (χ2v) is 3.95. The van der Waals surface area contributed by atoms with E-state index in [9.17, 15) is 13.2 Å². The molecular formula is C13H11F3N2. The molecule has 2 rings (SSSR count). The molecule has 18 heavy (non-hydrogen) atoms. The number of nitrogens with zero attached hydrogens (tertiary/aromatic N) is 1. The Kier molecular flexibility index (Phi) is 3.62. The summed E-state index contributed by atoms with van der Waals surface area (Å²) in [6.07, 6.45) is 2.37. The molecule has 2 nitrogen and oxygen atoms in total. The number of benzene rings is 1. The van der Waals surface area contributed by atoms with Crippen molar-refractivity contribution in [2.24, 2.45) is 5.73 Å². The van der Waals surface area contributed by atoms with Crippen molar-refractivity contribution < 1.29 is 13.2 Å². The van der Waals surface area contributed by atoms with Crippen LogP contribution in [-0.4, -0.2) is 4.98 Å². The monoisotopic (exact) mass is 252 g/mol. The van der Waals surface area contributed by atoms with Crippen LogP contribution in [0.4, 0.5) is 13.2 Å². The van der Waals surface area contributed by atoms with E-state index in [2.05, 4.69) is 4.98 Å². The molecule has 1 aromatic carbocycles. The van der Waals surface area contributed by atoms with Crippen LogP contribution in [0.15, 0.2) is 36.7 Å². The molecule has 0 spiro atoms. The lowest BCUT2D eigenvalue weighted by molar-refractivity contribution is 0.538. The van der Waals surface area contributed by atoms with Crippen LogP contribution in [-0.2, 0) is 6.42 Å². The first-order valence-electron chi connectivity index (χ1n) is 5.37. The Bertz CT molecular complexity index is 537. The highest BCUT2D eigenvalue weighted by Crippen LogP contribution is 2.20. The van der Waals surface area contributed by atoms with E-state index in [1.165, 1.54) is 18.3 Å². The predicted octanol–water partition coefficient (Wildman–Crippen LogP) is 2.74. The van der Waals surface area contributed by atoms with Gasteiger partial charge in [-0.25, -0.2) is 13.2 Å². The van der Waals surface area contributed by atoms with Crippen LogP contribution in [0.2, 0.25) is 0 Å². The standard InChI is InChI=1S/C13H11F3N2/c14-9-4-8(6-18-7-9)13(17)5-10-11(15)2-1-3-12(10)16/h1-4,6-7,13H,5,17H2. The summed E-state index contributed by atoms with van der Waals surface area (Å²) < 4.78 is 39.8. The molecule has 1 aromatic heterocycles. The van der Waals surface area contributed by atoms with Crippen molar-refractivity contribution in [3.8, 4) is 0 Å². The van der Waals surface area contributed by atoms with Crippen LogP contribution in [0.5, 0.6) is 0 Å². The highest BCUT2D eigenvalue weighted by Gasteiger charge is 2.14. The molecule has 1 heterocycles. The maximum absolute atomic E-state index is 13.4. The van der Waals surface area contributed by atoms with Gasteiger partial charge in [0.1, 0.15) is 17.5 Å². The normalized spacial score (nSPS) is 12.4. The highest BCUT2D eigenvalue weighted by atomic mass is 19.1. The molecular weight excluding hydrogens is 241 g/mol. The molecule has 0 saturated carbocycles. The molecule has 1 unspecified atom stereocenters. The summed E-state index contributed by atoms with van der Waals surface area (Å²) in [5, 5.41) is 0. The molecule has 0 fully saturated rings. The van der Waals surface area contributed by atoms with Crippen LogP contribution >= 0.6 is 0 Å². The summed E-state index contributed by atoms with van der Waals surface area (Å²) in [7, 11) is 0. The minimum Gasteiger partial charge on any atom is -0.324 e. The zero-order valence-corrected chi connectivity index (χ0v) is 9.41. The number of hydrogen-bond donors (Lipinski definition) is 1. The third-order valence-corrected chi connectivity index (χ3v) is 2.64. The van der Waals surface area contributed by atoms with E-state index >= 15 is 0 Å². The zero-order valence-electron chi connectivity index (χ0n) is 9.41. The van der Waals surface area contributed by atoms with E-state index in [0.29, 0.717) is 5.56 Å². The van der Waals surface area contributed by atoms with E-state index in [0.717, 1.165) is 18.3 Å². The molecule has 2 N–H and O–H groups in total. The fourth-order valence-corrected chi connectivity index (χ4v) is 1.70. The van der Waals surface area contributed by atoms with Crippen LogP contribution in [0.3, 0.4) is 0 Å². The number of aromatic nitrogens is 1. The van der Waals surface area contributed by atoms with E-state index in [1.807, 2.05) is 0 Å². The molecule has 0 saturated heterocycles. The van der Waals surface area contributed by atoms with Gasteiger partial charge < -0.3 is 5.73 Å². The Balaban J connectivity index is 2.24. The van der Waals surface area contributed by atoms with Gasteiger partial charge in [0.15, 0.2) is 0 Å². The van der Waals surface area contributed by atoms with Crippen molar-refractivity contribution in [1.29, 1.82) is 0 Å². The lowest BCUT2D eigenvalue weighted by Gasteiger charge is -2.13. The van der Waals surface area contributed by atoms with Gasteiger partial charge in [0.2, 0.25) is 0 Å². The third-order valence-electron chi connectivity index (χ3n) is 2.64. The first-order chi connectivity index (χ1) is 8.58. The molecule has 0 aliphatic heterocycles. The van der Waals surface area contributed by atoms with Crippen molar-refractivity contribution in [3.05, 3.63) is 65.2 Å². The van der Waals surface area contributed by atoms with Gasteiger partial charge in [-0.3, -0.25) is 4.98 Å². The van der Waals surface area contributed by atoms with Crippen molar-refractivity contribution in [3.63, 3.8) is 0 Å². The Hall–Kier alpha value is -1.88. The molecule has 0 amide bonds. The summed E-state index contributed by atoms with van der Waals surface area (Å²) in [4.78, 5) is 3.65. The van der Waals surface area contributed by atoms with Gasteiger partial charge in [-0.1, -0.05) is 6.07 Å². The fraction of sp³-hybridized carbons (Fsp3) is 0.154. The van der Waals surface area contributed by atoms with Crippen molar-refractivity contribution in [1.82, 2.24) is 4.98 Å². The summed E-state index contributed by atoms with van der Waals surface area (Å²) in [6.45, 7) is 0. The molecule has 5 heteroatoms. The van der Waals surface area contributed by atoms with Crippen molar-refractivity contribution in [2.75, 3.05) is 0 Å². The average Bonchev–Trinajstić information content (AvgIpc) is 2.34. The topological polar surface area (TPSA) is 38.9 Å². The van der Waals surface area contributed by atoms with Gasteiger partial charge in [0, 0.05) is 17.8 Å². The molecule has 0 aliphatic carbocycles. The Labute approximate surface area is 102 Å². The predicted molar refractivity (Wildman–Crippen MR) is 61.2 cm³/mol. The minimum atomic E-state index is -0.709. The highest BCUT2D eigenvalue weighted by molar-refractivity contribution is 5.24. The van der Waals surface area contributed by atoms with Gasteiger partial charge in [0.05, 0.1) is 6.20 Å². The number of halogens is 3. The van der Waals surface area contributed by atoms with Crippen LogP contribution in [0, 0.1) is 17.5 Å². The van der Waals surface area contributed by atoms with Gasteiger partial charge in [-0.05, 0) is 30.2 Å². The molecule has 94 valence electrons. The molecule has 1 atom stereocenters. The van der Waals surface area contributed by atoms with E-state index < -0.39 is 23.5 Å². The lowest BCUT2D eigenvalue weighted by Crippen LogP contribution is -2.15. The SMILES string of the molecule is NC(Cc1c(F)cccc1F)c1cncc(F)c1. The first-order valence-corrected chi connectivity index (χ1v) is 5.37. The van der Waals surface area contributed by atoms with Crippen LogP contribution in [0.1, 0.15) is 17.2 Å². The zero-order chi connectivity index (χ0) is 13.1. The average molecular weight is 252 g/mol. The number of rotatable bonds is 3. The maximum atomic E-state index is 13.4. The summed E-state index contributed by atoms with van der Waals surface area (Å²) in [5.41, 5.74) is 6.09. The summed E-state index contributed by atoms with van der Waals surface area (Å²) in [5.74, 6) is -1.85. The maximum Gasteiger partial charge on any atom is 0.141 e. The second-order valence-electron chi connectivity index (χ2n) is 3.95. The molecule has 0 bridgehead atoms. The first kappa shape index (κ1) is 12.6. The summed E-state index contributed by atoms with van der Waals surface area (Å²) in [6, 6.07) is 4.10. The molecule has 0 aliphatic rings. The largest absolute Gasteiger partial charge is 0.324 e. The van der Waals surface area contributed by atoms with Crippen molar-refractivity contribution in [2.45, 2.75) is 12.5 Å². The van der Waals surface area contributed by atoms with Crippen LogP contribution in [0.25, 0.3) is 0 Å². The Morgan fingerprint density at radius 2 is 1.78 bits per heavy atom. The second kappa shape index (κ2) is 5.18. The third kappa shape index (κ3) is 2.68. The minimum absolute atomic E-state index is 0.0519. The van der Waals surface area contributed by atoms with Gasteiger partial charge in [-0.2, -0.15) is 0 Å². The van der Waals surface area contributed by atoms with E-state index in [1.54, 1.807) is 0 Å². The Morgan fingerprint density at radius 1 is 1.11 bits per heavy atom. The number of pyridine rings is 1. The van der Waals surface area contributed by atoms with E-state index in [-0.39, 0.29) is 12.0 Å². The fourth-order valence-electron chi connectivity index (χ4n) is 1.70. The van der Waals surface area contributed by atoms with Gasteiger partial charge in [0.25, 0.3) is 0 Å². The van der Waals surface area contributed by atoms with Crippen molar-refractivity contribution >= 4 is 0 Å². The van der Waals surface area contributed by atoms with Gasteiger partial charge >= 0.3 is 0 Å². The molecule has 2 aromatic rings. The Morgan fingerprint density at radius 3 is 2.39 bits per heavy atom. The smallest absolute Gasteiger partial charge is 0.141 e. The number of nitrogens with two attached hydrogens (primary N) is 1. The van der Waals surface area contributed by atoms with Crippen LogP contribution < -0.4 is 5.73 Å². The summed E-state index contributed by atoms with van der Waals surface area (Å²) >= 11 is 0. The number of hydrogen-bond acceptors (Lipinski definition) is 2. The van der Waals surface area contributed by atoms with Gasteiger partial charge in [-0.15, -0.1) is 0 Å². The quantitative estimate of drug-likeness (QED) is 0.912.